The van der Waals surface area contributed by atoms with Gasteiger partial charge in [0.15, 0.2) is 11.5 Å². The minimum absolute atomic E-state index is 0.260. The molecule has 1 amide bonds. The van der Waals surface area contributed by atoms with Crippen molar-refractivity contribution in [1.29, 1.82) is 0 Å². The van der Waals surface area contributed by atoms with E-state index in [-0.39, 0.29) is 5.75 Å². The second-order valence-electron chi connectivity index (χ2n) is 2.42. The van der Waals surface area contributed by atoms with Crippen LogP contribution < -0.4 is 20.3 Å². The Morgan fingerprint density at radius 2 is 2.21 bits per heavy atom. The molecule has 1 aromatic rings. The first-order valence-corrected chi connectivity index (χ1v) is 4.01. The molecule has 0 spiro atoms. The summed E-state index contributed by atoms with van der Waals surface area (Å²) in [7, 11) is 1.47. The third kappa shape index (κ3) is 2.07. The Kier molecular flexibility index (Phi) is 3.55. The minimum Gasteiger partial charge on any atom is -0.493 e. The molecule has 0 bridgehead atoms. The maximum absolute atomic E-state index is 11.1. The van der Waals surface area contributed by atoms with E-state index in [1.807, 2.05) is 5.43 Å². The van der Waals surface area contributed by atoms with Crippen LogP contribution in [0.15, 0.2) is 18.2 Å². The smallest absolute Gasteiger partial charge is 0.265 e. The van der Waals surface area contributed by atoms with Crippen molar-refractivity contribution in [1.82, 2.24) is 5.43 Å². The van der Waals surface area contributed by atoms with Crippen molar-refractivity contribution in [2.24, 2.45) is 5.84 Å². The maximum atomic E-state index is 11.1. The molecule has 0 radical (unpaired) electrons. The van der Waals surface area contributed by atoms with Gasteiger partial charge in [0.2, 0.25) is 0 Å². The second-order valence-corrected chi connectivity index (χ2v) is 2.57. The predicted octanol–water partition coefficient (Wildman–Crippen LogP) is 0.831. The largest absolute Gasteiger partial charge is 0.493 e. The third-order valence-corrected chi connectivity index (χ3v) is 1.81. The first-order valence-electron chi connectivity index (χ1n) is 3.70. The van der Waals surface area contributed by atoms with Gasteiger partial charge in [-0.1, -0.05) is 0 Å². The Labute approximate surface area is 85.9 Å². The molecule has 1 aromatic carbocycles. The van der Waals surface area contributed by atoms with Gasteiger partial charge in [-0.25, -0.2) is 5.84 Å². The van der Waals surface area contributed by atoms with Gasteiger partial charge in [-0.15, -0.1) is 0 Å². The fourth-order valence-corrected chi connectivity index (χ4v) is 1.08. The van der Waals surface area contributed by atoms with Gasteiger partial charge >= 0.3 is 0 Å². The number of benzene rings is 1. The van der Waals surface area contributed by atoms with Crippen molar-refractivity contribution in [2.45, 2.75) is 0 Å². The molecule has 1 rings (SSSR count). The lowest BCUT2D eigenvalue weighted by molar-refractivity contribution is 0.0953. The SMILES string of the molecule is COc1ccc(C(=O)NN)cc1OCl. The zero-order chi connectivity index (χ0) is 10.6. The molecule has 14 heavy (non-hydrogen) atoms. The number of methoxy groups -OCH3 is 1. The zero-order valence-corrected chi connectivity index (χ0v) is 8.17. The Morgan fingerprint density at radius 1 is 1.50 bits per heavy atom. The minimum atomic E-state index is -0.428. The molecule has 0 aliphatic heterocycles. The molecule has 0 fully saturated rings. The van der Waals surface area contributed by atoms with E-state index in [1.54, 1.807) is 12.1 Å². The lowest BCUT2D eigenvalue weighted by atomic mass is 10.2. The average molecular weight is 217 g/mol. The highest BCUT2D eigenvalue weighted by Crippen LogP contribution is 2.28. The Balaban J connectivity index is 3.07. The second kappa shape index (κ2) is 4.69. The number of nitrogens with two attached hydrogens (primary N) is 1. The maximum Gasteiger partial charge on any atom is 0.265 e. The summed E-state index contributed by atoms with van der Waals surface area (Å²) in [4.78, 5) is 11.1. The molecule has 0 aromatic heterocycles. The highest BCUT2D eigenvalue weighted by Gasteiger charge is 2.09. The van der Waals surface area contributed by atoms with Crippen LogP contribution in [0.3, 0.4) is 0 Å². The lowest BCUT2D eigenvalue weighted by Crippen LogP contribution is -2.29. The van der Waals surface area contributed by atoms with Gasteiger partial charge in [0.1, 0.15) is 11.9 Å². The predicted molar refractivity (Wildman–Crippen MR) is 51.1 cm³/mol. The summed E-state index contributed by atoms with van der Waals surface area (Å²) >= 11 is 5.19. The molecule has 0 atom stereocenters. The van der Waals surface area contributed by atoms with Crippen LogP contribution in [-0.2, 0) is 0 Å². The van der Waals surface area contributed by atoms with E-state index in [0.717, 1.165) is 0 Å². The Hall–Kier alpha value is -1.46. The molecular formula is C8H9ClN2O3. The molecule has 0 aliphatic rings. The summed E-state index contributed by atoms with van der Waals surface area (Å²) in [6, 6.07) is 4.52. The fraction of sp³-hybridized carbons (Fsp3) is 0.125. The summed E-state index contributed by atoms with van der Waals surface area (Å²) < 4.78 is 9.43. The van der Waals surface area contributed by atoms with E-state index in [0.29, 0.717) is 11.3 Å². The first-order chi connectivity index (χ1) is 6.72. The van der Waals surface area contributed by atoms with Crippen molar-refractivity contribution in [3.63, 3.8) is 0 Å². The van der Waals surface area contributed by atoms with Crippen LogP contribution in [0.5, 0.6) is 11.5 Å². The van der Waals surface area contributed by atoms with Crippen LogP contribution in [0.25, 0.3) is 0 Å². The lowest BCUT2D eigenvalue weighted by Gasteiger charge is -2.06. The highest BCUT2D eigenvalue weighted by molar-refractivity contribution is 6.09. The van der Waals surface area contributed by atoms with Crippen molar-refractivity contribution < 1.29 is 13.8 Å². The number of hydrogen-bond donors (Lipinski definition) is 2. The van der Waals surface area contributed by atoms with Crippen molar-refractivity contribution >= 4 is 17.8 Å². The van der Waals surface area contributed by atoms with Gasteiger partial charge in [-0.3, -0.25) is 10.2 Å². The van der Waals surface area contributed by atoms with E-state index >= 15 is 0 Å². The molecule has 76 valence electrons. The third-order valence-electron chi connectivity index (χ3n) is 1.64. The van der Waals surface area contributed by atoms with E-state index in [1.165, 1.54) is 13.2 Å². The number of carbonyl (C=O) groups is 1. The molecule has 6 heteroatoms. The van der Waals surface area contributed by atoms with E-state index in [2.05, 4.69) is 4.29 Å². The molecular weight excluding hydrogens is 208 g/mol. The summed E-state index contributed by atoms with van der Waals surface area (Å²) in [6.07, 6.45) is 0. The van der Waals surface area contributed by atoms with Crippen LogP contribution >= 0.6 is 11.9 Å². The summed E-state index contributed by atoms with van der Waals surface area (Å²) in [5.41, 5.74) is 2.33. The molecule has 0 heterocycles. The molecule has 0 aliphatic carbocycles. The van der Waals surface area contributed by atoms with Crippen LogP contribution in [0.4, 0.5) is 0 Å². The standard InChI is InChI=1S/C8H9ClN2O3/c1-13-6-3-2-5(8(12)11-10)4-7(6)14-9/h2-4H,10H2,1H3,(H,11,12). The average Bonchev–Trinajstić information content (AvgIpc) is 2.26. The van der Waals surface area contributed by atoms with Crippen molar-refractivity contribution in [3.8, 4) is 11.5 Å². The number of nitrogens with one attached hydrogen (secondary N) is 1. The number of hydrazine groups is 1. The van der Waals surface area contributed by atoms with Gasteiger partial charge < -0.3 is 9.03 Å². The number of halogens is 1. The van der Waals surface area contributed by atoms with Gasteiger partial charge in [0, 0.05) is 5.56 Å². The summed E-state index contributed by atoms with van der Waals surface area (Å²) in [5, 5.41) is 0. The molecule has 3 N–H and O–H groups in total. The van der Waals surface area contributed by atoms with Crippen molar-refractivity contribution in [2.75, 3.05) is 7.11 Å². The number of hydrogen-bond acceptors (Lipinski definition) is 4. The Bertz CT molecular complexity index is 343. The van der Waals surface area contributed by atoms with Gasteiger partial charge in [-0.05, 0) is 18.2 Å². The van der Waals surface area contributed by atoms with Gasteiger partial charge in [0.25, 0.3) is 5.91 Å². The number of nitrogen functional groups attached to an aromatic ring is 1. The van der Waals surface area contributed by atoms with Crippen LogP contribution in [-0.4, -0.2) is 13.0 Å². The monoisotopic (exact) mass is 216 g/mol. The van der Waals surface area contributed by atoms with Gasteiger partial charge in [0.05, 0.1) is 7.11 Å². The normalized spacial score (nSPS) is 9.36. The van der Waals surface area contributed by atoms with Crippen LogP contribution in [0.2, 0.25) is 0 Å². The topological polar surface area (TPSA) is 73.6 Å². The molecule has 0 saturated carbocycles. The van der Waals surface area contributed by atoms with Gasteiger partial charge in [-0.2, -0.15) is 0 Å². The number of amides is 1. The number of rotatable bonds is 3. The number of carbonyl (C=O) groups excluding carboxylic acids is 1. The van der Waals surface area contributed by atoms with E-state index in [9.17, 15) is 4.79 Å². The number of ether oxygens (including phenoxy) is 1. The van der Waals surface area contributed by atoms with Crippen LogP contribution in [0, 0.1) is 0 Å². The molecule has 0 saturated heterocycles. The zero-order valence-electron chi connectivity index (χ0n) is 7.41. The van der Waals surface area contributed by atoms with Crippen LogP contribution in [0.1, 0.15) is 10.4 Å². The fourth-order valence-electron chi connectivity index (χ4n) is 0.962. The molecule has 0 unspecified atom stereocenters. The van der Waals surface area contributed by atoms with E-state index in [4.69, 9.17) is 22.4 Å². The quantitative estimate of drug-likeness (QED) is 0.446. The van der Waals surface area contributed by atoms with E-state index < -0.39 is 5.91 Å². The van der Waals surface area contributed by atoms with Crippen molar-refractivity contribution in [3.05, 3.63) is 23.8 Å². The summed E-state index contributed by atoms with van der Waals surface area (Å²) in [6.45, 7) is 0. The Morgan fingerprint density at radius 3 is 2.71 bits per heavy atom. The highest BCUT2D eigenvalue weighted by atomic mass is 35.5. The first kappa shape index (κ1) is 10.6. The molecule has 5 nitrogen and oxygen atoms in total. The summed E-state index contributed by atoms with van der Waals surface area (Å²) in [5.74, 6) is 5.23.